The third-order valence-electron chi connectivity index (χ3n) is 2.81. The van der Waals surface area contributed by atoms with Gasteiger partial charge in [0.05, 0.1) is 6.20 Å². The van der Waals surface area contributed by atoms with E-state index < -0.39 is 11.9 Å². The minimum Gasteiger partial charge on any atom is -0.370 e. The van der Waals surface area contributed by atoms with Gasteiger partial charge >= 0.3 is 0 Å². The number of carbonyl (C=O) groups is 1. The van der Waals surface area contributed by atoms with E-state index in [2.05, 4.69) is 17.3 Å². The first-order valence-electron chi connectivity index (χ1n) is 6.34. The van der Waals surface area contributed by atoms with Crippen molar-refractivity contribution in [1.82, 2.24) is 9.78 Å². The molecule has 5 nitrogen and oxygen atoms in total. The number of nitrogens with zero attached hydrogens (tertiary/aromatic N) is 2. The van der Waals surface area contributed by atoms with Gasteiger partial charge in [-0.05, 0) is 18.6 Å². The number of para-hydroxylation sites is 1. The van der Waals surface area contributed by atoms with Gasteiger partial charge in [0.2, 0.25) is 5.91 Å². The highest BCUT2D eigenvalue weighted by Gasteiger charge is 2.19. The predicted molar refractivity (Wildman–Crippen MR) is 74.5 cm³/mol. The Morgan fingerprint density at radius 2 is 2.16 bits per heavy atom. The summed E-state index contributed by atoms with van der Waals surface area (Å²) in [7, 11) is 0. The van der Waals surface area contributed by atoms with Crippen LogP contribution in [0.2, 0.25) is 0 Å². The van der Waals surface area contributed by atoms with Crippen LogP contribution >= 0.6 is 0 Å². The molecule has 1 amide bonds. The Bertz CT molecular complexity index is 535. The van der Waals surface area contributed by atoms with Crippen molar-refractivity contribution in [1.29, 1.82) is 0 Å². The van der Waals surface area contributed by atoms with Gasteiger partial charge in [-0.1, -0.05) is 25.1 Å². The van der Waals surface area contributed by atoms with Crippen LogP contribution in [0, 0.1) is 0 Å². The molecule has 3 N–H and O–H groups in total. The lowest BCUT2D eigenvalue weighted by Crippen LogP contribution is -2.27. The Balaban J connectivity index is 2.17. The van der Waals surface area contributed by atoms with Crippen molar-refractivity contribution in [3.63, 3.8) is 0 Å². The minimum absolute atomic E-state index is 0.417. The largest absolute Gasteiger partial charge is 0.370 e. The number of aryl methyl sites for hydroxylation is 1. The van der Waals surface area contributed by atoms with Crippen LogP contribution in [0.4, 0.5) is 5.69 Å². The fourth-order valence-electron chi connectivity index (χ4n) is 1.90. The van der Waals surface area contributed by atoms with Gasteiger partial charge in [-0.25, -0.2) is 0 Å². The van der Waals surface area contributed by atoms with Crippen molar-refractivity contribution in [3.8, 4) is 0 Å². The summed E-state index contributed by atoms with van der Waals surface area (Å²) in [6, 6.07) is 8.96. The molecule has 0 bridgehead atoms. The summed E-state index contributed by atoms with van der Waals surface area (Å²) >= 11 is 0. The molecule has 1 heterocycles. The van der Waals surface area contributed by atoms with E-state index in [1.165, 1.54) is 0 Å². The summed E-state index contributed by atoms with van der Waals surface area (Å²) in [4.78, 5) is 11.6. The van der Waals surface area contributed by atoms with Crippen LogP contribution in [-0.2, 0) is 11.3 Å². The zero-order chi connectivity index (χ0) is 13.7. The minimum atomic E-state index is -0.562. The zero-order valence-corrected chi connectivity index (χ0v) is 10.9. The van der Waals surface area contributed by atoms with Crippen LogP contribution in [0.15, 0.2) is 42.7 Å². The van der Waals surface area contributed by atoms with E-state index in [1.807, 2.05) is 41.2 Å². The van der Waals surface area contributed by atoms with Crippen molar-refractivity contribution in [3.05, 3.63) is 48.3 Å². The number of hydrogen-bond acceptors (Lipinski definition) is 3. The van der Waals surface area contributed by atoms with Crippen LogP contribution in [0.25, 0.3) is 0 Å². The lowest BCUT2D eigenvalue weighted by Gasteiger charge is -2.15. The SMILES string of the molecule is CCCn1cc(C(Nc2ccccc2)C(N)=O)cn1. The molecule has 1 unspecified atom stereocenters. The highest BCUT2D eigenvalue weighted by atomic mass is 16.1. The normalized spacial score (nSPS) is 12.1. The molecule has 0 aliphatic heterocycles. The maximum atomic E-state index is 11.6. The Morgan fingerprint density at radius 3 is 2.79 bits per heavy atom. The van der Waals surface area contributed by atoms with E-state index in [0.717, 1.165) is 24.2 Å². The second kappa shape index (κ2) is 6.04. The average molecular weight is 258 g/mol. The summed E-state index contributed by atoms with van der Waals surface area (Å²) in [6.45, 7) is 2.91. The number of hydrogen-bond donors (Lipinski definition) is 2. The van der Waals surface area contributed by atoms with Crippen molar-refractivity contribution >= 4 is 11.6 Å². The Hall–Kier alpha value is -2.30. The van der Waals surface area contributed by atoms with E-state index in [0.29, 0.717) is 0 Å². The van der Waals surface area contributed by atoms with Crippen LogP contribution in [0.3, 0.4) is 0 Å². The summed E-state index contributed by atoms with van der Waals surface area (Å²) in [5.74, 6) is -0.417. The number of nitrogens with two attached hydrogens (primary N) is 1. The lowest BCUT2D eigenvalue weighted by molar-refractivity contribution is -0.118. The molecule has 1 atom stereocenters. The van der Waals surface area contributed by atoms with Gasteiger partial charge in [0, 0.05) is 24.0 Å². The van der Waals surface area contributed by atoms with Gasteiger partial charge in [0.25, 0.3) is 0 Å². The number of carbonyl (C=O) groups excluding carboxylic acids is 1. The van der Waals surface area contributed by atoms with Gasteiger partial charge in [0.1, 0.15) is 6.04 Å². The van der Waals surface area contributed by atoms with E-state index in [1.54, 1.807) is 6.20 Å². The van der Waals surface area contributed by atoms with Crippen molar-refractivity contribution in [2.75, 3.05) is 5.32 Å². The van der Waals surface area contributed by atoms with Gasteiger partial charge in [-0.2, -0.15) is 5.10 Å². The quantitative estimate of drug-likeness (QED) is 0.831. The second-order valence-electron chi connectivity index (χ2n) is 4.38. The number of anilines is 1. The molecule has 5 heteroatoms. The average Bonchev–Trinajstić information content (AvgIpc) is 2.85. The highest BCUT2D eigenvalue weighted by molar-refractivity contribution is 5.84. The van der Waals surface area contributed by atoms with Crippen molar-refractivity contribution < 1.29 is 4.79 Å². The Labute approximate surface area is 112 Å². The lowest BCUT2D eigenvalue weighted by atomic mass is 10.1. The first kappa shape index (κ1) is 13.1. The first-order chi connectivity index (χ1) is 9.20. The van der Waals surface area contributed by atoms with Gasteiger partial charge in [-0.3, -0.25) is 9.48 Å². The van der Waals surface area contributed by atoms with Gasteiger partial charge in [0.15, 0.2) is 0 Å². The molecule has 0 saturated heterocycles. The molecule has 0 radical (unpaired) electrons. The third-order valence-corrected chi connectivity index (χ3v) is 2.81. The summed E-state index contributed by atoms with van der Waals surface area (Å²) in [6.07, 6.45) is 4.53. The van der Waals surface area contributed by atoms with Crippen LogP contribution in [-0.4, -0.2) is 15.7 Å². The molecule has 100 valence electrons. The monoisotopic (exact) mass is 258 g/mol. The molecular formula is C14H18N4O. The first-order valence-corrected chi connectivity index (χ1v) is 6.34. The van der Waals surface area contributed by atoms with Crippen molar-refractivity contribution in [2.45, 2.75) is 25.9 Å². The molecule has 0 fully saturated rings. The fraction of sp³-hybridized carbons (Fsp3) is 0.286. The van der Waals surface area contributed by atoms with Crippen LogP contribution in [0.5, 0.6) is 0 Å². The summed E-state index contributed by atoms with van der Waals surface area (Å²) in [5, 5.41) is 7.34. The molecule has 0 aliphatic carbocycles. The maximum absolute atomic E-state index is 11.6. The van der Waals surface area contributed by atoms with Crippen LogP contribution < -0.4 is 11.1 Å². The number of nitrogens with one attached hydrogen (secondary N) is 1. The molecule has 0 spiro atoms. The predicted octanol–water partition coefficient (Wildman–Crippen LogP) is 1.93. The molecule has 2 rings (SSSR count). The highest BCUT2D eigenvalue weighted by Crippen LogP contribution is 2.18. The summed E-state index contributed by atoms with van der Waals surface area (Å²) in [5.41, 5.74) is 7.10. The zero-order valence-electron chi connectivity index (χ0n) is 10.9. The number of aromatic nitrogens is 2. The Kier molecular flexibility index (Phi) is 4.18. The molecule has 0 aliphatic rings. The van der Waals surface area contributed by atoms with Gasteiger partial charge < -0.3 is 11.1 Å². The molecular weight excluding hydrogens is 240 g/mol. The second-order valence-corrected chi connectivity index (χ2v) is 4.38. The molecule has 1 aromatic carbocycles. The van der Waals surface area contributed by atoms with E-state index in [4.69, 9.17) is 5.73 Å². The maximum Gasteiger partial charge on any atom is 0.244 e. The number of rotatable bonds is 6. The molecule has 2 aromatic rings. The van der Waals surface area contributed by atoms with E-state index in [9.17, 15) is 4.79 Å². The Morgan fingerprint density at radius 1 is 1.42 bits per heavy atom. The number of primary amides is 1. The molecule has 19 heavy (non-hydrogen) atoms. The summed E-state index contributed by atoms with van der Waals surface area (Å²) < 4.78 is 1.82. The van der Waals surface area contributed by atoms with Crippen LogP contribution in [0.1, 0.15) is 24.9 Å². The van der Waals surface area contributed by atoms with Crippen molar-refractivity contribution in [2.24, 2.45) is 5.73 Å². The number of benzene rings is 1. The van der Waals surface area contributed by atoms with E-state index >= 15 is 0 Å². The smallest absolute Gasteiger partial charge is 0.244 e. The molecule has 0 saturated carbocycles. The standard InChI is InChI=1S/C14H18N4O/c1-2-8-18-10-11(9-16-18)13(14(15)19)17-12-6-4-3-5-7-12/h3-7,9-10,13,17H,2,8H2,1H3,(H2,15,19). The number of amides is 1. The fourth-order valence-corrected chi connectivity index (χ4v) is 1.90. The van der Waals surface area contributed by atoms with E-state index in [-0.39, 0.29) is 0 Å². The topological polar surface area (TPSA) is 72.9 Å². The third kappa shape index (κ3) is 3.34. The van der Waals surface area contributed by atoms with Gasteiger partial charge in [-0.15, -0.1) is 0 Å². The molecule has 1 aromatic heterocycles.